The first-order valence-electron chi connectivity index (χ1n) is 8.00. The lowest BCUT2D eigenvalue weighted by Gasteiger charge is -2.18. The molecule has 1 atom stereocenters. The summed E-state index contributed by atoms with van der Waals surface area (Å²) in [6.45, 7) is 4.27. The molecule has 0 amide bonds. The van der Waals surface area contributed by atoms with Crippen molar-refractivity contribution in [3.8, 4) is 22.8 Å². The summed E-state index contributed by atoms with van der Waals surface area (Å²) in [5.74, 6) is 2.37. The summed E-state index contributed by atoms with van der Waals surface area (Å²) in [7, 11) is 3.23. The Morgan fingerprint density at radius 2 is 1.96 bits per heavy atom. The molecule has 1 aromatic carbocycles. The minimum Gasteiger partial charge on any atom is -0.497 e. The molecule has 0 aliphatic carbocycles. The molecule has 2 rings (SSSR count). The number of methoxy groups -OCH3 is 2. The summed E-state index contributed by atoms with van der Waals surface area (Å²) in [4.78, 5) is 8.80. The fourth-order valence-electron chi connectivity index (χ4n) is 2.52. The molecule has 0 spiro atoms. The Labute approximate surface area is 142 Å². The van der Waals surface area contributed by atoms with Crippen LogP contribution < -0.4 is 14.8 Å². The van der Waals surface area contributed by atoms with Gasteiger partial charge in [0.1, 0.15) is 11.5 Å². The van der Waals surface area contributed by atoms with Gasteiger partial charge in [0.2, 0.25) is 5.95 Å². The van der Waals surface area contributed by atoms with Gasteiger partial charge in [0, 0.05) is 17.8 Å². The number of benzene rings is 1. The fourth-order valence-corrected chi connectivity index (χ4v) is 2.52. The van der Waals surface area contributed by atoms with Gasteiger partial charge in [-0.1, -0.05) is 13.8 Å². The molecule has 0 saturated carbocycles. The molecule has 0 aliphatic rings. The Bertz CT molecular complexity index is 662. The van der Waals surface area contributed by atoms with Gasteiger partial charge < -0.3 is 19.9 Å². The molecule has 0 radical (unpaired) electrons. The number of nitrogens with one attached hydrogen (secondary N) is 1. The van der Waals surface area contributed by atoms with Gasteiger partial charge in [-0.3, -0.25) is 0 Å². The Morgan fingerprint density at radius 3 is 2.58 bits per heavy atom. The number of anilines is 1. The molecule has 0 saturated heterocycles. The quantitative estimate of drug-likeness (QED) is 0.774. The largest absolute Gasteiger partial charge is 0.497 e. The monoisotopic (exact) mass is 331 g/mol. The van der Waals surface area contributed by atoms with Crippen LogP contribution in [-0.2, 0) is 0 Å². The smallest absolute Gasteiger partial charge is 0.223 e. The third-order valence-electron chi connectivity index (χ3n) is 3.65. The molecule has 1 aromatic heterocycles. The van der Waals surface area contributed by atoms with Gasteiger partial charge in [-0.05, 0) is 30.5 Å². The number of ether oxygens (including phenoxy) is 2. The second kappa shape index (κ2) is 8.49. The van der Waals surface area contributed by atoms with Gasteiger partial charge >= 0.3 is 0 Å². The number of aliphatic hydroxyl groups is 1. The van der Waals surface area contributed by atoms with E-state index >= 15 is 0 Å². The van der Waals surface area contributed by atoms with Crippen molar-refractivity contribution in [2.75, 3.05) is 26.1 Å². The summed E-state index contributed by atoms with van der Waals surface area (Å²) < 4.78 is 10.7. The van der Waals surface area contributed by atoms with Crippen molar-refractivity contribution in [3.63, 3.8) is 0 Å². The first-order valence-corrected chi connectivity index (χ1v) is 8.00. The maximum absolute atomic E-state index is 9.51. The van der Waals surface area contributed by atoms with Crippen molar-refractivity contribution in [2.45, 2.75) is 26.3 Å². The van der Waals surface area contributed by atoms with Crippen LogP contribution in [0.4, 0.5) is 5.95 Å². The van der Waals surface area contributed by atoms with Crippen molar-refractivity contribution in [3.05, 3.63) is 30.5 Å². The molecule has 1 heterocycles. The molecular weight excluding hydrogens is 306 g/mol. The highest BCUT2D eigenvalue weighted by Crippen LogP contribution is 2.32. The van der Waals surface area contributed by atoms with Crippen LogP contribution >= 0.6 is 0 Å². The first-order chi connectivity index (χ1) is 11.6. The first kappa shape index (κ1) is 18.0. The van der Waals surface area contributed by atoms with Gasteiger partial charge in [0.05, 0.1) is 32.6 Å². The Hall–Kier alpha value is -2.34. The van der Waals surface area contributed by atoms with Crippen LogP contribution in [0.5, 0.6) is 11.5 Å². The fraction of sp³-hybridized carbons (Fsp3) is 0.444. The van der Waals surface area contributed by atoms with E-state index in [0.29, 0.717) is 17.6 Å². The van der Waals surface area contributed by atoms with Crippen molar-refractivity contribution in [2.24, 2.45) is 5.92 Å². The molecule has 6 heteroatoms. The number of rotatable bonds is 8. The van der Waals surface area contributed by atoms with Gasteiger partial charge in [-0.15, -0.1) is 0 Å². The highest BCUT2D eigenvalue weighted by atomic mass is 16.5. The molecule has 0 bridgehead atoms. The van der Waals surface area contributed by atoms with Crippen LogP contribution in [-0.4, -0.2) is 41.9 Å². The van der Waals surface area contributed by atoms with Crippen LogP contribution in [0, 0.1) is 5.92 Å². The lowest BCUT2D eigenvalue weighted by Crippen LogP contribution is -2.26. The lowest BCUT2D eigenvalue weighted by molar-refractivity contribution is 0.259. The van der Waals surface area contributed by atoms with E-state index in [-0.39, 0.29) is 12.6 Å². The van der Waals surface area contributed by atoms with Crippen LogP contribution in [0.1, 0.15) is 20.3 Å². The zero-order valence-corrected chi connectivity index (χ0v) is 14.6. The van der Waals surface area contributed by atoms with E-state index in [1.54, 1.807) is 20.4 Å². The number of aliphatic hydroxyl groups excluding tert-OH is 1. The maximum atomic E-state index is 9.51. The third-order valence-corrected chi connectivity index (χ3v) is 3.65. The molecule has 2 aromatic rings. The summed E-state index contributed by atoms with van der Waals surface area (Å²) in [5.41, 5.74) is 1.60. The molecule has 2 N–H and O–H groups in total. The number of hydrogen-bond acceptors (Lipinski definition) is 6. The van der Waals surface area contributed by atoms with E-state index in [0.717, 1.165) is 23.4 Å². The molecule has 130 valence electrons. The Morgan fingerprint density at radius 1 is 1.17 bits per heavy atom. The van der Waals surface area contributed by atoms with Crippen molar-refractivity contribution >= 4 is 5.95 Å². The van der Waals surface area contributed by atoms with E-state index in [9.17, 15) is 5.11 Å². The zero-order valence-electron chi connectivity index (χ0n) is 14.6. The molecule has 0 fully saturated rings. The van der Waals surface area contributed by atoms with Crippen LogP contribution in [0.15, 0.2) is 30.5 Å². The molecule has 24 heavy (non-hydrogen) atoms. The van der Waals surface area contributed by atoms with Crippen molar-refractivity contribution < 1.29 is 14.6 Å². The summed E-state index contributed by atoms with van der Waals surface area (Å²) in [6.07, 6.45) is 2.54. The summed E-state index contributed by atoms with van der Waals surface area (Å²) >= 11 is 0. The lowest BCUT2D eigenvalue weighted by atomic mass is 10.0. The normalized spacial score (nSPS) is 12.1. The Balaban J connectivity index is 2.27. The summed E-state index contributed by atoms with van der Waals surface area (Å²) in [5, 5.41) is 12.7. The van der Waals surface area contributed by atoms with E-state index in [1.165, 1.54) is 0 Å². The number of hydrogen-bond donors (Lipinski definition) is 2. The second-order valence-corrected chi connectivity index (χ2v) is 5.99. The standard InChI is InChI=1S/C18H25N3O3/c1-12(2)9-13(11-22)20-18-19-8-7-16(21-18)15-6-5-14(23-3)10-17(15)24-4/h5-8,10,12-13,22H,9,11H2,1-4H3,(H,19,20,21)/t13-/m0/s1. The van der Waals surface area contributed by atoms with Crippen molar-refractivity contribution in [1.82, 2.24) is 9.97 Å². The predicted octanol–water partition coefficient (Wildman–Crippen LogP) is 2.98. The average molecular weight is 331 g/mol. The van der Waals surface area contributed by atoms with Gasteiger partial charge in [-0.25, -0.2) is 9.97 Å². The molecular formula is C18H25N3O3. The van der Waals surface area contributed by atoms with Gasteiger partial charge in [0.25, 0.3) is 0 Å². The van der Waals surface area contributed by atoms with E-state index in [1.807, 2.05) is 24.3 Å². The minimum atomic E-state index is -0.0713. The topological polar surface area (TPSA) is 76.5 Å². The highest BCUT2D eigenvalue weighted by molar-refractivity contribution is 5.69. The molecule has 0 unspecified atom stereocenters. The number of aromatic nitrogens is 2. The van der Waals surface area contributed by atoms with E-state index < -0.39 is 0 Å². The van der Waals surface area contributed by atoms with E-state index in [4.69, 9.17) is 9.47 Å². The maximum Gasteiger partial charge on any atom is 0.223 e. The van der Waals surface area contributed by atoms with Crippen LogP contribution in [0.2, 0.25) is 0 Å². The number of nitrogens with zero attached hydrogens (tertiary/aromatic N) is 2. The van der Waals surface area contributed by atoms with Gasteiger partial charge in [-0.2, -0.15) is 0 Å². The molecule has 0 aliphatic heterocycles. The van der Waals surface area contributed by atoms with Gasteiger partial charge in [0.15, 0.2) is 0 Å². The summed E-state index contributed by atoms with van der Waals surface area (Å²) in [6, 6.07) is 7.34. The van der Waals surface area contributed by atoms with Crippen molar-refractivity contribution in [1.29, 1.82) is 0 Å². The van der Waals surface area contributed by atoms with Crippen LogP contribution in [0.25, 0.3) is 11.3 Å². The van der Waals surface area contributed by atoms with Crippen LogP contribution in [0.3, 0.4) is 0 Å². The SMILES string of the molecule is COc1ccc(-c2ccnc(N[C@H](CO)CC(C)C)n2)c(OC)c1. The highest BCUT2D eigenvalue weighted by Gasteiger charge is 2.13. The predicted molar refractivity (Wildman–Crippen MR) is 94.5 cm³/mol. The zero-order chi connectivity index (χ0) is 17.5. The third kappa shape index (κ3) is 4.58. The minimum absolute atomic E-state index is 0.0393. The van der Waals surface area contributed by atoms with E-state index in [2.05, 4.69) is 29.1 Å². The second-order valence-electron chi connectivity index (χ2n) is 5.99. The molecule has 6 nitrogen and oxygen atoms in total. The average Bonchev–Trinajstić information content (AvgIpc) is 2.60. The Kier molecular flexibility index (Phi) is 6.37.